The van der Waals surface area contributed by atoms with Gasteiger partial charge in [-0.3, -0.25) is 0 Å². The number of hydrogen-bond acceptors (Lipinski definition) is 3. The minimum atomic E-state index is 0.0254. The number of nitrogens with zero attached hydrogens (tertiary/aromatic N) is 2. The molecule has 1 unspecified atom stereocenters. The molecule has 1 atom stereocenters. The molecule has 104 valence electrons. The van der Waals surface area contributed by atoms with Crippen molar-refractivity contribution in [3.05, 3.63) is 28.2 Å². The van der Waals surface area contributed by atoms with Crippen LogP contribution in [0.3, 0.4) is 0 Å². The highest BCUT2D eigenvalue weighted by atomic mass is 32.1. The minimum Gasteiger partial charge on any atom is -0.333 e. The molecule has 2 heterocycles. The monoisotopic (exact) mass is 279 g/mol. The first-order valence-corrected chi connectivity index (χ1v) is 7.56. The maximum atomic E-state index is 12.1. The highest BCUT2D eigenvalue weighted by Crippen LogP contribution is 2.19. The summed E-state index contributed by atoms with van der Waals surface area (Å²) >= 11 is 1.67. The summed E-state index contributed by atoms with van der Waals surface area (Å²) in [6.45, 7) is 10.1. The van der Waals surface area contributed by atoms with Gasteiger partial charge in [0.15, 0.2) is 0 Å². The van der Waals surface area contributed by atoms with Crippen molar-refractivity contribution >= 4 is 17.4 Å². The summed E-state index contributed by atoms with van der Waals surface area (Å²) < 4.78 is 0. The van der Waals surface area contributed by atoms with Gasteiger partial charge < -0.3 is 10.2 Å². The van der Waals surface area contributed by atoms with Crippen LogP contribution >= 0.6 is 11.3 Å². The second-order valence-electron chi connectivity index (χ2n) is 4.85. The van der Waals surface area contributed by atoms with E-state index in [9.17, 15) is 4.79 Å². The number of hydrogen-bond donors (Lipinski definition) is 1. The molecule has 0 spiro atoms. The zero-order valence-corrected chi connectivity index (χ0v) is 12.4. The molecule has 4 nitrogen and oxygen atoms in total. The molecule has 2 amide bonds. The zero-order valence-electron chi connectivity index (χ0n) is 11.6. The van der Waals surface area contributed by atoms with Crippen molar-refractivity contribution < 1.29 is 4.79 Å². The lowest BCUT2D eigenvalue weighted by Gasteiger charge is -2.16. The van der Waals surface area contributed by atoms with Crippen molar-refractivity contribution in [1.29, 1.82) is 0 Å². The number of thiazole rings is 1. The van der Waals surface area contributed by atoms with Crippen LogP contribution in [0.2, 0.25) is 0 Å². The molecule has 19 heavy (non-hydrogen) atoms. The van der Waals surface area contributed by atoms with E-state index < -0.39 is 0 Å². The summed E-state index contributed by atoms with van der Waals surface area (Å²) in [4.78, 5) is 19.6. The SMILES string of the molecule is C=CC1CCN(C(=O)NCc2sc(C)nc2CC)C1. The molecule has 0 aliphatic carbocycles. The summed E-state index contributed by atoms with van der Waals surface area (Å²) in [6, 6.07) is 0.0254. The first-order valence-electron chi connectivity index (χ1n) is 6.74. The van der Waals surface area contributed by atoms with Crippen LogP contribution in [0.4, 0.5) is 4.79 Å². The molecule has 1 aliphatic heterocycles. The van der Waals surface area contributed by atoms with Gasteiger partial charge in [0.05, 0.1) is 17.2 Å². The van der Waals surface area contributed by atoms with Gasteiger partial charge in [0.25, 0.3) is 0 Å². The highest BCUT2D eigenvalue weighted by molar-refractivity contribution is 7.11. The number of carbonyl (C=O) groups excluding carboxylic acids is 1. The largest absolute Gasteiger partial charge is 0.333 e. The van der Waals surface area contributed by atoms with E-state index in [2.05, 4.69) is 23.8 Å². The third kappa shape index (κ3) is 3.35. The third-order valence-electron chi connectivity index (χ3n) is 3.47. The normalized spacial score (nSPS) is 18.6. The lowest BCUT2D eigenvalue weighted by atomic mass is 10.1. The standard InChI is InChI=1S/C14H21N3OS/c1-4-11-6-7-17(9-11)14(18)15-8-13-12(5-2)16-10(3)19-13/h4,11H,1,5-9H2,2-3H3,(H,15,18). The predicted molar refractivity (Wildman–Crippen MR) is 78.3 cm³/mol. The Balaban J connectivity index is 1.88. The fourth-order valence-electron chi connectivity index (χ4n) is 2.36. The Labute approximate surface area is 118 Å². The third-order valence-corrected chi connectivity index (χ3v) is 4.48. The van der Waals surface area contributed by atoms with E-state index in [1.807, 2.05) is 17.9 Å². The molecule has 1 aliphatic rings. The Bertz CT molecular complexity index is 469. The number of urea groups is 1. The number of carbonyl (C=O) groups is 1. The maximum Gasteiger partial charge on any atom is 0.317 e. The Hall–Kier alpha value is -1.36. The molecular formula is C14H21N3OS. The molecule has 0 saturated carbocycles. The molecule has 5 heteroatoms. The van der Waals surface area contributed by atoms with Crippen molar-refractivity contribution in [3.63, 3.8) is 0 Å². The van der Waals surface area contributed by atoms with E-state index in [0.29, 0.717) is 12.5 Å². The number of nitrogens with one attached hydrogen (secondary N) is 1. The van der Waals surface area contributed by atoms with Crippen molar-refractivity contribution in [2.75, 3.05) is 13.1 Å². The summed E-state index contributed by atoms with van der Waals surface area (Å²) in [5, 5.41) is 4.06. The molecule has 0 aromatic carbocycles. The van der Waals surface area contributed by atoms with Gasteiger partial charge in [-0.25, -0.2) is 9.78 Å². The van der Waals surface area contributed by atoms with Crippen molar-refractivity contribution in [3.8, 4) is 0 Å². The number of likely N-dealkylation sites (tertiary alicyclic amines) is 1. The van der Waals surface area contributed by atoms with Gasteiger partial charge in [0, 0.05) is 18.0 Å². The Morgan fingerprint density at radius 2 is 2.47 bits per heavy atom. The van der Waals surface area contributed by atoms with E-state index in [4.69, 9.17) is 0 Å². The molecule has 0 bridgehead atoms. The minimum absolute atomic E-state index is 0.0254. The van der Waals surface area contributed by atoms with Gasteiger partial charge in [-0.1, -0.05) is 13.0 Å². The molecular weight excluding hydrogens is 258 g/mol. The first-order chi connectivity index (χ1) is 9.13. The number of aryl methyl sites for hydroxylation is 2. The molecule has 2 rings (SSSR count). The quantitative estimate of drug-likeness (QED) is 0.861. The average Bonchev–Trinajstić information content (AvgIpc) is 3.01. The van der Waals surface area contributed by atoms with E-state index in [0.717, 1.165) is 36.6 Å². The van der Waals surface area contributed by atoms with E-state index in [-0.39, 0.29) is 6.03 Å². The van der Waals surface area contributed by atoms with E-state index >= 15 is 0 Å². The van der Waals surface area contributed by atoms with E-state index in [1.54, 1.807) is 11.3 Å². The fourth-order valence-corrected chi connectivity index (χ4v) is 3.32. The zero-order chi connectivity index (χ0) is 13.8. The number of aromatic nitrogens is 1. The molecule has 1 fully saturated rings. The van der Waals surface area contributed by atoms with Crippen LogP contribution in [0.1, 0.15) is 28.9 Å². The fraction of sp³-hybridized carbons (Fsp3) is 0.571. The van der Waals surface area contributed by atoms with Crippen LogP contribution in [0.5, 0.6) is 0 Å². The van der Waals surface area contributed by atoms with Crippen LogP contribution in [0, 0.1) is 12.8 Å². The smallest absolute Gasteiger partial charge is 0.317 e. The second kappa shape index (κ2) is 6.19. The Morgan fingerprint density at radius 3 is 3.11 bits per heavy atom. The molecule has 1 N–H and O–H groups in total. The van der Waals surface area contributed by atoms with Crippen LogP contribution in [-0.4, -0.2) is 29.0 Å². The van der Waals surface area contributed by atoms with Crippen molar-refractivity contribution in [2.45, 2.75) is 33.2 Å². The topological polar surface area (TPSA) is 45.2 Å². The van der Waals surface area contributed by atoms with Gasteiger partial charge in [-0.05, 0) is 25.7 Å². The summed E-state index contributed by atoms with van der Waals surface area (Å²) in [5.74, 6) is 0.447. The van der Waals surface area contributed by atoms with Crippen molar-refractivity contribution in [2.24, 2.45) is 5.92 Å². The summed E-state index contributed by atoms with van der Waals surface area (Å²) in [7, 11) is 0. The average molecular weight is 279 g/mol. The van der Waals surface area contributed by atoms with Crippen LogP contribution in [0.15, 0.2) is 12.7 Å². The lowest BCUT2D eigenvalue weighted by molar-refractivity contribution is 0.207. The van der Waals surface area contributed by atoms with Gasteiger partial charge in [-0.2, -0.15) is 0 Å². The number of rotatable bonds is 4. The highest BCUT2D eigenvalue weighted by Gasteiger charge is 2.24. The van der Waals surface area contributed by atoms with Gasteiger partial charge in [-0.15, -0.1) is 17.9 Å². The molecule has 1 saturated heterocycles. The second-order valence-corrected chi connectivity index (χ2v) is 6.13. The van der Waals surface area contributed by atoms with Gasteiger partial charge in [0.1, 0.15) is 0 Å². The maximum absolute atomic E-state index is 12.1. The summed E-state index contributed by atoms with van der Waals surface area (Å²) in [5.41, 5.74) is 1.10. The Kier molecular flexibility index (Phi) is 4.58. The van der Waals surface area contributed by atoms with E-state index in [1.165, 1.54) is 4.88 Å². The van der Waals surface area contributed by atoms with Crippen molar-refractivity contribution in [1.82, 2.24) is 15.2 Å². The van der Waals surface area contributed by atoms with Crippen LogP contribution < -0.4 is 5.32 Å². The number of amides is 2. The Morgan fingerprint density at radius 1 is 1.68 bits per heavy atom. The van der Waals surface area contributed by atoms with Gasteiger partial charge in [0.2, 0.25) is 0 Å². The molecule has 0 radical (unpaired) electrons. The van der Waals surface area contributed by atoms with Crippen LogP contribution in [0.25, 0.3) is 0 Å². The lowest BCUT2D eigenvalue weighted by Crippen LogP contribution is -2.38. The van der Waals surface area contributed by atoms with Crippen LogP contribution in [-0.2, 0) is 13.0 Å². The summed E-state index contributed by atoms with van der Waals surface area (Å²) in [6.07, 6.45) is 3.88. The molecule has 1 aromatic rings. The first kappa shape index (κ1) is 14.1. The molecule has 1 aromatic heterocycles. The predicted octanol–water partition coefficient (Wildman–Crippen LogP) is 2.73. The van der Waals surface area contributed by atoms with Gasteiger partial charge >= 0.3 is 6.03 Å².